The van der Waals surface area contributed by atoms with Crippen molar-refractivity contribution in [2.24, 2.45) is 11.8 Å². The lowest BCUT2D eigenvalue weighted by Crippen LogP contribution is -2.42. The summed E-state index contributed by atoms with van der Waals surface area (Å²) in [6.07, 6.45) is 2.60. The minimum atomic E-state index is -0.297. The Kier molecular flexibility index (Phi) is 7.96. The van der Waals surface area contributed by atoms with Gasteiger partial charge in [-0.3, -0.25) is 9.59 Å². The first kappa shape index (κ1) is 25.0. The van der Waals surface area contributed by atoms with Crippen LogP contribution in [0.3, 0.4) is 0 Å². The van der Waals surface area contributed by atoms with E-state index in [0.717, 1.165) is 35.4 Å². The monoisotopic (exact) mass is 493 g/mol. The maximum Gasteiger partial charge on any atom is 0.265 e. The number of rotatable bonds is 7. The molecule has 2 amide bonds. The number of amides is 2. The van der Waals surface area contributed by atoms with Gasteiger partial charge in [-0.1, -0.05) is 38.1 Å². The van der Waals surface area contributed by atoms with E-state index < -0.39 is 0 Å². The Hall–Kier alpha value is -3.06. The predicted octanol–water partition coefficient (Wildman–Crippen LogP) is 5.62. The Morgan fingerprint density at radius 2 is 1.71 bits per heavy atom. The van der Waals surface area contributed by atoms with Crippen LogP contribution in [0, 0.1) is 24.6 Å². The Balaban J connectivity index is 1.30. The van der Waals surface area contributed by atoms with Gasteiger partial charge in [-0.05, 0) is 67.5 Å². The lowest BCUT2D eigenvalue weighted by Gasteiger charge is -2.34. The second-order valence-corrected chi connectivity index (χ2v) is 10.2. The van der Waals surface area contributed by atoms with Crippen molar-refractivity contribution >= 4 is 23.2 Å². The van der Waals surface area contributed by atoms with Crippen molar-refractivity contribution in [3.63, 3.8) is 0 Å². The highest BCUT2D eigenvalue weighted by Gasteiger charge is 2.31. The smallest absolute Gasteiger partial charge is 0.265 e. The molecule has 5 nitrogen and oxygen atoms in total. The summed E-state index contributed by atoms with van der Waals surface area (Å²) in [5.41, 5.74) is 3.89. The van der Waals surface area contributed by atoms with E-state index >= 15 is 0 Å². The number of nitrogens with zero attached hydrogens (tertiary/aromatic N) is 2. The molecule has 1 fully saturated rings. The molecule has 1 N–H and O–H groups in total. The number of aromatic nitrogens is 1. The number of thiazole rings is 1. The molecule has 184 valence electrons. The van der Waals surface area contributed by atoms with Crippen LogP contribution in [0.4, 0.5) is 4.39 Å². The number of hydrogen-bond acceptors (Lipinski definition) is 4. The first-order valence-corrected chi connectivity index (χ1v) is 13.1. The van der Waals surface area contributed by atoms with E-state index in [1.807, 2.05) is 18.7 Å². The zero-order chi connectivity index (χ0) is 24.9. The second kappa shape index (κ2) is 11.1. The Bertz CT molecular complexity index is 1170. The fourth-order valence-electron chi connectivity index (χ4n) is 4.51. The molecule has 2 aromatic carbocycles. The molecule has 0 saturated carbocycles. The van der Waals surface area contributed by atoms with Crippen molar-refractivity contribution in [3.8, 4) is 10.6 Å². The fourth-order valence-corrected chi connectivity index (χ4v) is 5.55. The summed E-state index contributed by atoms with van der Waals surface area (Å²) in [4.78, 5) is 33.0. The van der Waals surface area contributed by atoms with Crippen molar-refractivity contribution in [3.05, 3.63) is 76.0 Å². The molecule has 0 aliphatic carbocycles. The van der Waals surface area contributed by atoms with Crippen LogP contribution in [0.15, 0.2) is 48.5 Å². The van der Waals surface area contributed by atoms with E-state index in [2.05, 4.69) is 41.5 Å². The molecule has 0 spiro atoms. The molecule has 4 rings (SSSR count). The quantitative estimate of drug-likeness (QED) is 0.464. The number of hydrogen-bond donors (Lipinski definition) is 1. The summed E-state index contributed by atoms with van der Waals surface area (Å²) in [6, 6.07) is 14.5. The maximum atomic E-state index is 13.2. The molecule has 1 aliphatic heterocycles. The van der Waals surface area contributed by atoms with Crippen LogP contribution in [0.25, 0.3) is 10.6 Å². The molecule has 1 aromatic heterocycles. The zero-order valence-electron chi connectivity index (χ0n) is 20.5. The van der Waals surface area contributed by atoms with Crippen molar-refractivity contribution in [1.82, 2.24) is 15.2 Å². The van der Waals surface area contributed by atoms with Crippen LogP contribution >= 0.6 is 11.3 Å². The summed E-state index contributed by atoms with van der Waals surface area (Å²) in [7, 11) is 0. The maximum absolute atomic E-state index is 13.2. The highest BCUT2D eigenvalue weighted by molar-refractivity contribution is 7.17. The van der Waals surface area contributed by atoms with Crippen LogP contribution in [-0.2, 0) is 17.8 Å². The summed E-state index contributed by atoms with van der Waals surface area (Å²) in [6.45, 7) is 7.74. The number of likely N-dealkylation sites (tertiary alicyclic amines) is 1. The number of nitrogens with one attached hydrogen (secondary N) is 1. The second-order valence-electron chi connectivity index (χ2n) is 9.25. The number of piperidine rings is 1. The number of carbonyl (C=O) groups excluding carboxylic acids is 2. The average molecular weight is 494 g/mol. The van der Waals surface area contributed by atoms with Gasteiger partial charge in [0, 0.05) is 31.1 Å². The molecule has 0 radical (unpaired) electrons. The highest BCUT2D eigenvalue weighted by Crippen LogP contribution is 2.31. The van der Waals surface area contributed by atoms with Gasteiger partial charge in [0.05, 0.1) is 5.69 Å². The summed E-state index contributed by atoms with van der Waals surface area (Å²) < 4.78 is 13.2. The van der Waals surface area contributed by atoms with Gasteiger partial charge < -0.3 is 10.2 Å². The number of carbonyl (C=O) groups is 2. The topological polar surface area (TPSA) is 62.3 Å². The van der Waals surface area contributed by atoms with Gasteiger partial charge in [0.25, 0.3) is 5.91 Å². The lowest BCUT2D eigenvalue weighted by atomic mass is 9.84. The minimum absolute atomic E-state index is 0.0144. The number of aryl methyl sites for hydroxylation is 2. The van der Waals surface area contributed by atoms with Crippen LogP contribution < -0.4 is 5.32 Å². The van der Waals surface area contributed by atoms with E-state index in [9.17, 15) is 14.0 Å². The number of halogens is 1. The molecule has 2 heterocycles. The third-order valence-electron chi connectivity index (χ3n) is 6.93. The van der Waals surface area contributed by atoms with Gasteiger partial charge in [0.1, 0.15) is 15.7 Å². The highest BCUT2D eigenvalue weighted by atomic mass is 32.1. The van der Waals surface area contributed by atoms with E-state index in [1.54, 1.807) is 12.1 Å². The molecule has 3 aromatic rings. The lowest BCUT2D eigenvalue weighted by molar-refractivity contribution is -0.126. The van der Waals surface area contributed by atoms with Gasteiger partial charge in [-0.2, -0.15) is 0 Å². The molecule has 1 saturated heterocycles. The molecule has 7 heteroatoms. The Morgan fingerprint density at radius 3 is 2.34 bits per heavy atom. The van der Waals surface area contributed by atoms with E-state index in [0.29, 0.717) is 30.2 Å². The van der Waals surface area contributed by atoms with Crippen molar-refractivity contribution in [2.75, 3.05) is 13.1 Å². The standard InChI is InChI=1S/C28H32FN3O2S/c1-4-20-5-7-21(8-6-20)17-30-26(33)18(2)22-13-15-32(16-14-22)28(34)25-19(3)31-27(35-25)23-9-11-24(29)12-10-23/h5-12,18,22H,4,13-17H2,1-3H3,(H,30,33)/t18-/m0/s1. The summed E-state index contributed by atoms with van der Waals surface area (Å²) >= 11 is 1.35. The predicted molar refractivity (Wildman–Crippen MR) is 138 cm³/mol. The largest absolute Gasteiger partial charge is 0.352 e. The molecule has 1 atom stereocenters. The fraction of sp³-hybridized carbons (Fsp3) is 0.393. The Labute approximate surface area is 210 Å². The minimum Gasteiger partial charge on any atom is -0.352 e. The summed E-state index contributed by atoms with van der Waals surface area (Å²) in [5, 5.41) is 3.79. The molecular weight excluding hydrogens is 461 g/mol. The normalized spacial score (nSPS) is 15.1. The number of benzene rings is 2. The third-order valence-corrected chi connectivity index (χ3v) is 8.12. The van der Waals surface area contributed by atoms with Gasteiger partial charge in [0.15, 0.2) is 0 Å². The van der Waals surface area contributed by atoms with E-state index in [1.165, 1.54) is 29.0 Å². The molecule has 1 aliphatic rings. The van der Waals surface area contributed by atoms with Crippen molar-refractivity contribution < 1.29 is 14.0 Å². The van der Waals surface area contributed by atoms with Gasteiger partial charge in [0.2, 0.25) is 5.91 Å². The molecular formula is C28H32FN3O2S. The van der Waals surface area contributed by atoms with Crippen molar-refractivity contribution in [2.45, 2.75) is 46.6 Å². The average Bonchev–Trinajstić information content (AvgIpc) is 3.28. The van der Waals surface area contributed by atoms with Crippen LogP contribution in [0.2, 0.25) is 0 Å². The SMILES string of the molecule is CCc1ccc(CNC(=O)[C@@H](C)C2CCN(C(=O)c3sc(-c4ccc(F)cc4)nc3C)CC2)cc1. The van der Waals surface area contributed by atoms with Crippen LogP contribution in [0.1, 0.15) is 53.2 Å². The van der Waals surface area contributed by atoms with Gasteiger partial charge in [-0.25, -0.2) is 9.37 Å². The van der Waals surface area contributed by atoms with Gasteiger partial charge in [-0.15, -0.1) is 11.3 Å². The van der Waals surface area contributed by atoms with E-state index in [-0.39, 0.29) is 29.5 Å². The van der Waals surface area contributed by atoms with Crippen molar-refractivity contribution in [1.29, 1.82) is 0 Å². The molecule has 35 heavy (non-hydrogen) atoms. The first-order valence-electron chi connectivity index (χ1n) is 12.2. The van der Waals surface area contributed by atoms with Gasteiger partial charge >= 0.3 is 0 Å². The molecule has 0 bridgehead atoms. The molecule has 0 unspecified atom stereocenters. The van der Waals surface area contributed by atoms with Crippen LogP contribution in [0.5, 0.6) is 0 Å². The van der Waals surface area contributed by atoms with Crippen LogP contribution in [-0.4, -0.2) is 34.8 Å². The zero-order valence-corrected chi connectivity index (χ0v) is 21.3. The van der Waals surface area contributed by atoms with E-state index in [4.69, 9.17) is 0 Å². The Morgan fingerprint density at radius 1 is 1.09 bits per heavy atom. The third kappa shape index (κ3) is 5.96. The first-order chi connectivity index (χ1) is 16.9. The summed E-state index contributed by atoms with van der Waals surface area (Å²) in [5.74, 6) is -0.0954.